The molecule has 0 bridgehead atoms. The molecule has 1 amide bonds. The van der Waals surface area contributed by atoms with E-state index in [0.717, 1.165) is 22.3 Å². The Balaban J connectivity index is 1.28. The molecule has 0 saturated carbocycles. The number of Topliss-reactive ketones (excluding diaryl/α,β-unsaturated/α-hetero) is 1. The van der Waals surface area contributed by atoms with Gasteiger partial charge in [-0.2, -0.15) is 0 Å². The molecule has 0 radical (unpaired) electrons. The van der Waals surface area contributed by atoms with E-state index in [-0.39, 0.29) is 24.2 Å². The summed E-state index contributed by atoms with van der Waals surface area (Å²) in [5, 5.41) is 28.3. The molecule has 0 spiro atoms. The van der Waals surface area contributed by atoms with E-state index in [1.54, 1.807) is 0 Å². The van der Waals surface area contributed by atoms with Crippen molar-refractivity contribution in [1.29, 1.82) is 0 Å². The van der Waals surface area contributed by atoms with E-state index in [9.17, 15) is 19.8 Å². The summed E-state index contributed by atoms with van der Waals surface area (Å²) < 4.78 is 16.7. The molecule has 0 aromatic heterocycles. The first kappa shape index (κ1) is 32.3. The van der Waals surface area contributed by atoms with Crippen molar-refractivity contribution in [3.8, 4) is 0 Å². The standard InChI is InChI=1S/C36H43N3O7/c37-34(42)46-31-18-25-13-7-8-14-27(25)32(31)28-21-38-36(33(28)41,19-24-11-5-2-6-12-24)20-30(40)29(17-23-9-3-1-4-10-23)39-35(43)45-26-15-16-44-22-26/h1-14,26,28-32,34,38,40,42H,15-22,37H2,(H,39,43)/t26-,28?,29+,30-,31?,32-,34-,36?/m0/s1. The average molecular weight is 630 g/mol. The number of ether oxygens (including phenoxy) is 3. The van der Waals surface area contributed by atoms with Gasteiger partial charge in [0.2, 0.25) is 6.41 Å². The lowest BCUT2D eigenvalue weighted by atomic mass is 9.75. The summed E-state index contributed by atoms with van der Waals surface area (Å²) in [4.78, 5) is 27.8. The highest BCUT2D eigenvalue weighted by Crippen LogP contribution is 2.45. The molecule has 2 fully saturated rings. The third-order valence-corrected chi connectivity index (χ3v) is 9.59. The lowest BCUT2D eigenvalue weighted by Crippen LogP contribution is -2.55. The molecule has 3 aromatic rings. The monoisotopic (exact) mass is 629 g/mol. The maximum absolute atomic E-state index is 14.8. The number of alkyl carbamates (subject to hydrolysis) is 1. The number of aliphatic hydroxyl groups excluding tert-OH is 2. The molecule has 46 heavy (non-hydrogen) atoms. The Morgan fingerprint density at radius 3 is 2.41 bits per heavy atom. The molecule has 8 atom stereocenters. The van der Waals surface area contributed by atoms with Crippen LogP contribution in [0.1, 0.15) is 41.0 Å². The van der Waals surface area contributed by atoms with Crippen LogP contribution >= 0.6 is 0 Å². The van der Waals surface area contributed by atoms with Crippen molar-refractivity contribution in [1.82, 2.24) is 10.6 Å². The average Bonchev–Trinajstić information content (AvgIpc) is 3.76. The van der Waals surface area contributed by atoms with Crippen molar-refractivity contribution in [3.05, 3.63) is 107 Å². The number of hydrogen-bond donors (Lipinski definition) is 5. The second-order valence-electron chi connectivity index (χ2n) is 12.7. The van der Waals surface area contributed by atoms with Gasteiger partial charge in [0.25, 0.3) is 0 Å². The molecule has 10 nitrogen and oxygen atoms in total. The summed E-state index contributed by atoms with van der Waals surface area (Å²) in [6.07, 6.45) is -2.11. The van der Waals surface area contributed by atoms with Gasteiger partial charge in [-0.1, -0.05) is 84.9 Å². The van der Waals surface area contributed by atoms with Gasteiger partial charge < -0.3 is 35.1 Å². The molecule has 3 aliphatic rings. The van der Waals surface area contributed by atoms with Gasteiger partial charge in [0.15, 0.2) is 5.78 Å². The van der Waals surface area contributed by atoms with Gasteiger partial charge in [-0.15, -0.1) is 0 Å². The minimum atomic E-state index is -1.47. The highest BCUT2D eigenvalue weighted by Gasteiger charge is 2.54. The minimum Gasteiger partial charge on any atom is -0.444 e. The molecular formula is C36H43N3O7. The van der Waals surface area contributed by atoms with Crippen LogP contribution in [0, 0.1) is 5.92 Å². The fourth-order valence-corrected chi connectivity index (χ4v) is 7.44. The number of carbonyl (C=O) groups is 2. The number of hydrogen-bond acceptors (Lipinski definition) is 9. The topological polar surface area (TPSA) is 152 Å². The maximum Gasteiger partial charge on any atom is 0.407 e. The number of rotatable bonds is 12. The van der Waals surface area contributed by atoms with Gasteiger partial charge in [0.05, 0.1) is 37.0 Å². The number of aliphatic hydroxyl groups is 2. The van der Waals surface area contributed by atoms with Gasteiger partial charge in [-0.05, 0) is 41.5 Å². The molecule has 6 rings (SSSR count). The Hall–Kier alpha value is -3.64. The van der Waals surface area contributed by atoms with Gasteiger partial charge in [-0.3, -0.25) is 10.5 Å². The van der Waals surface area contributed by atoms with E-state index in [0.29, 0.717) is 45.4 Å². The number of nitrogens with one attached hydrogen (secondary N) is 2. The summed E-state index contributed by atoms with van der Waals surface area (Å²) in [5.41, 5.74) is 8.47. The van der Waals surface area contributed by atoms with Crippen molar-refractivity contribution in [3.63, 3.8) is 0 Å². The smallest absolute Gasteiger partial charge is 0.407 e. The first-order valence-corrected chi connectivity index (χ1v) is 16.1. The van der Waals surface area contributed by atoms with Gasteiger partial charge in [-0.25, -0.2) is 4.79 Å². The summed E-state index contributed by atoms with van der Waals surface area (Å²) in [5.74, 6) is -0.858. The van der Waals surface area contributed by atoms with Crippen molar-refractivity contribution in [2.24, 2.45) is 11.7 Å². The zero-order valence-electron chi connectivity index (χ0n) is 25.8. The van der Waals surface area contributed by atoms with Crippen LogP contribution in [0.15, 0.2) is 84.9 Å². The van der Waals surface area contributed by atoms with Crippen LogP contribution < -0.4 is 16.4 Å². The van der Waals surface area contributed by atoms with Crippen LogP contribution in [0.2, 0.25) is 0 Å². The van der Waals surface area contributed by atoms with Gasteiger partial charge in [0.1, 0.15) is 6.10 Å². The lowest BCUT2D eigenvalue weighted by molar-refractivity contribution is -0.144. The summed E-state index contributed by atoms with van der Waals surface area (Å²) >= 11 is 0. The molecule has 3 unspecified atom stereocenters. The molecule has 244 valence electrons. The fraction of sp³-hybridized carbons (Fsp3) is 0.444. The third kappa shape index (κ3) is 7.33. The maximum atomic E-state index is 14.8. The van der Waals surface area contributed by atoms with Crippen LogP contribution in [0.3, 0.4) is 0 Å². The van der Waals surface area contributed by atoms with Gasteiger partial charge in [0, 0.05) is 31.2 Å². The van der Waals surface area contributed by atoms with Crippen LogP contribution in [0.5, 0.6) is 0 Å². The Kier molecular flexibility index (Phi) is 10.1. The van der Waals surface area contributed by atoms with Crippen LogP contribution in [0.4, 0.5) is 4.79 Å². The SMILES string of the molecule is N[C@@H](O)OC1Cc2ccccc2[C@H]1C1CNC(Cc2ccccc2)(C[C@H](O)[C@@H](Cc2ccccc2)NC(=O)O[C@H]2CCOC2)C1=O. The molecule has 3 aromatic carbocycles. The number of carbonyl (C=O) groups excluding carboxylic acids is 2. The Bertz CT molecular complexity index is 1470. The largest absolute Gasteiger partial charge is 0.444 e. The zero-order valence-corrected chi connectivity index (χ0v) is 25.8. The number of fused-ring (bicyclic) bond motifs is 1. The van der Waals surface area contributed by atoms with E-state index in [1.165, 1.54) is 0 Å². The summed E-state index contributed by atoms with van der Waals surface area (Å²) in [7, 11) is 0. The van der Waals surface area contributed by atoms with Crippen LogP contribution in [-0.4, -0.2) is 78.2 Å². The van der Waals surface area contributed by atoms with E-state index in [1.807, 2.05) is 84.9 Å². The van der Waals surface area contributed by atoms with Crippen molar-refractivity contribution in [2.45, 2.75) is 74.3 Å². The highest BCUT2D eigenvalue weighted by molar-refractivity contribution is 5.94. The quantitative estimate of drug-likeness (QED) is 0.190. The van der Waals surface area contributed by atoms with Crippen LogP contribution in [-0.2, 0) is 38.3 Å². The minimum absolute atomic E-state index is 0.0404. The van der Waals surface area contributed by atoms with Crippen molar-refractivity contribution in [2.75, 3.05) is 19.8 Å². The molecule has 6 N–H and O–H groups in total. The van der Waals surface area contributed by atoms with E-state index < -0.39 is 42.2 Å². The second kappa shape index (κ2) is 14.4. The van der Waals surface area contributed by atoms with Crippen molar-refractivity contribution >= 4 is 11.9 Å². The van der Waals surface area contributed by atoms with Crippen molar-refractivity contribution < 1.29 is 34.0 Å². The fourth-order valence-electron chi connectivity index (χ4n) is 7.44. The molecular weight excluding hydrogens is 586 g/mol. The normalized spacial score (nSPS) is 27.6. The number of nitrogens with two attached hydrogens (primary N) is 1. The number of benzene rings is 3. The first-order chi connectivity index (χ1) is 22.3. The van der Waals surface area contributed by atoms with E-state index in [4.69, 9.17) is 19.9 Å². The van der Waals surface area contributed by atoms with E-state index in [2.05, 4.69) is 10.6 Å². The summed E-state index contributed by atoms with van der Waals surface area (Å²) in [6.45, 7) is 1.24. The van der Waals surface area contributed by atoms with Crippen LogP contribution in [0.25, 0.3) is 0 Å². The zero-order chi connectivity index (χ0) is 32.1. The molecule has 10 heteroatoms. The highest BCUT2D eigenvalue weighted by atomic mass is 16.6. The van der Waals surface area contributed by atoms with Gasteiger partial charge >= 0.3 is 6.09 Å². The molecule has 2 aliphatic heterocycles. The predicted molar refractivity (Wildman–Crippen MR) is 171 cm³/mol. The third-order valence-electron chi connectivity index (χ3n) is 9.59. The molecule has 1 aliphatic carbocycles. The Morgan fingerprint density at radius 1 is 1.02 bits per heavy atom. The Labute approximate surface area is 269 Å². The number of ketones is 1. The lowest BCUT2D eigenvalue weighted by Gasteiger charge is -2.35. The molecule has 2 heterocycles. The van der Waals surface area contributed by atoms with E-state index >= 15 is 0 Å². The first-order valence-electron chi connectivity index (χ1n) is 16.1. The molecule has 2 saturated heterocycles. The number of amides is 1. The predicted octanol–water partition coefficient (Wildman–Crippen LogP) is 2.59. The second-order valence-corrected chi connectivity index (χ2v) is 12.7. The Morgan fingerprint density at radius 2 is 1.72 bits per heavy atom. The summed E-state index contributed by atoms with van der Waals surface area (Å²) in [6, 6.07) is 26.5.